The smallest absolute Gasteiger partial charge is 0.184 e. The summed E-state index contributed by atoms with van der Waals surface area (Å²) in [5, 5.41) is 4.18. The van der Waals surface area contributed by atoms with Crippen LogP contribution < -0.4 is 15.9 Å². The van der Waals surface area contributed by atoms with E-state index >= 15 is 0 Å². The predicted molar refractivity (Wildman–Crippen MR) is 110 cm³/mol. The van der Waals surface area contributed by atoms with Gasteiger partial charge in [0.25, 0.3) is 0 Å². The highest BCUT2D eigenvalue weighted by Crippen LogP contribution is 2.25. The van der Waals surface area contributed by atoms with Crippen molar-refractivity contribution in [1.29, 1.82) is 0 Å². The molecule has 0 aromatic heterocycles. The topological polar surface area (TPSA) is 59.6 Å². The van der Waals surface area contributed by atoms with Crippen molar-refractivity contribution in [2.24, 2.45) is 10.8 Å². The Kier molecular flexibility index (Phi) is 5.96. The van der Waals surface area contributed by atoms with Crippen LogP contribution in [0.15, 0.2) is 84.0 Å². The molecule has 130 valence electrons. The van der Waals surface area contributed by atoms with E-state index in [4.69, 9.17) is 22.7 Å². The van der Waals surface area contributed by atoms with Crippen LogP contribution in [0.3, 0.4) is 0 Å². The monoisotopic (exact) mass is 361 g/mol. The van der Waals surface area contributed by atoms with Gasteiger partial charge in [0.1, 0.15) is 12.4 Å². The maximum absolute atomic E-state index is 5.84. The first-order chi connectivity index (χ1) is 12.7. The minimum absolute atomic E-state index is 0.138. The third-order valence-corrected chi connectivity index (χ3v) is 3.84. The third kappa shape index (κ3) is 4.91. The van der Waals surface area contributed by atoms with E-state index in [0.717, 1.165) is 28.0 Å². The molecule has 0 radical (unpaired) electrons. The number of ether oxygens (including phenoxy) is 1. The zero-order valence-electron chi connectivity index (χ0n) is 14.1. The van der Waals surface area contributed by atoms with Crippen molar-refractivity contribution >= 4 is 23.5 Å². The van der Waals surface area contributed by atoms with Crippen molar-refractivity contribution in [3.05, 3.63) is 90.0 Å². The molecule has 0 amide bonds. The molecule has 0 fully saturated rings. The zero-order chi connectivity index (χ0) is 18.2. The van der Waals surface area contributed by atoms with Crippen molar-refractivity contribution in [2.45, 2.75) is 6.61 Å². The van der Waals surface area contributed by atoms with Crippen LogP contribution in [0.1, 0.15) is 11.1 Å². The Hall–Kier alpha value is -3.18. The second-order valence-electron chi connectivity index (χ2n) is 5.62. The Morgan fingerprint density at radius 1 is 0.962 bits per heavy atom. The molecule has 0 saturated heterocycles. The van der Waals surface area contributed by atoms with E-state index < -0.39 is 0 Å². The number of nitrogens with one attached hydrogen (secondary N) is 1. The van der Waals surface area contributed by atoms with E-state index in [1.807, 2.05) is 78.9 Å². The number of nitrogens with zero attached hydrogens (tertiary/aromatic N) is 1. The van der Waals surface area contributed by atoms with Crippen molar-refractivity contribution in [3.63, 3.8) is 0 Å². The van der Waals surface area contributed by atoms with Crippen molar-refractivity contribution < 1.29 is 4.74 Å². The molecule has 3 N–H and O–H groups in total. The number of hydrogen-bond donors (Lipinski definition) is 2. The van der Waals surface area contributed by atoms with Gasteiger partial charge in [0.2, 0.25) is 0 Å². The van der Waals surface area contributed by atoms with Gasteiger partial charge in [-0.25, -0.2) is 0 Å². The lowest BCUT2D eigenvalue weighted by atomic mass is 10.0. The molecule has 0 atom stereocenters. The summed E-state index contributed by atoms with van der Waals surface area (Å²) in [5.74, 6) is 0.832. The van der Waals surface area contributed by atoms with E-state index in [2.05, 4.69) is 10.5 Å². The van der Waals surface area contributed by atoms with Crippen LogP contribution in [-0.2, 0) is 6.61 Å². The van der Waals surface area contributed by atoms with Crippen molar-refractivity contribution in [3.8, 4) is 16.9 Å². The van der Waals surface area contributed by atoms with Crippen LogP contribution in [0.4, 0.5) is 0 Å². The second-order valence-corrected chi connectivity index (χ2v) is 6.06. The number of hydrazone groups is 1. The van der Waals surface area contributed by atoms with Gasteiger partial charge < -0.3 is 10.5 Å². The Bertz CT molecular complexity index is 893. The van der Waals surface area contributed by atoms with Gasteiger partial charge in [0.05, 0.1) is 6.21 Å². The van der Waals surface area contributed by atoms with Gasteiger partial charge in [-0.1, -0.05) is 66.7 Å². The lowest BCUT2D eigenvalue weighted by Gasteiger charge is -2.09. The highest BCUT2D eigenvalue weighted by molar-refractivity contribution is 7.80. The fraction of sp³-hybridized carbons (Fsp3) is 0.0476. The lowest BCUT2D eigenvalue weighted by Crippen LogP contribution is -2.24. The van der Waals surface area contributed by atoms with Gasteiger partial charge in [-0.2, -0.15) is 5.10 Å². The number of nitrogens with two attached hydrogens (primary N) is 1. The molecule has 0 aliphatic carbocycles. The van der Waals surface area contributed by atoms with E-state index in [9.17, 15) is 0 Å². The van der Waals surface area contributed by atoms with Crippen LogP contribution in [0, 0.1) is 0 Å². The molecule has 4 nitrogen and oxygen atoms in total. The normalized spacial score (nSPS) is 10.6. The van der Waals surface area contributed by atoms with Gasteiger partial charge in [-0.05, 0) is 41.0 Å². The molecule has 0 aliphatic rings. The van der Waals surface area contributed by atoms with Gasteiger partial charge >= 0.3 is 0 Å². The summed E-state index contributed by atoms with van der Waals surface area (Å²) in [4.78, 5) is 0. The summed E-state index contributed by atoms with van der Waals surface area (Å²) in [6, 6.07) is 26.1. The van der Waals surface area contributed by atoms with Crippen LogP contribution in [-0.4, -0.2) is 11.3 Å². The quantitative estimate of drug-likeness (QED) is 0.394. The highest BCUT2D eigenvalue weighted by Gasteiger charge is 2.04. The molecule has 0 heterocycles. The first kappa shape index (κ1) is 17.6. The Labute approximate surface area is 158 Å². The van der Waals surface area contributed by atoms with Crippen molar-refractivity contribution in [1.82, 2.24) is 5.43 Å². The minimum Gasteiger partial charge on any atom is -0.489 e. The van der Waals surface area contributed by atoms with Gasteiger partial charge in [0.15, 0.2) is 5.11 Å². The van der Waals surface area contributed by atoms with E-state index in [1.165, 1.54) is 0 Å². The zero-order valence-corrected chi connectivity index (χ0v) is 14.9. The van der Waals surface area contributed by atoms with E-state index in [1.54, 1.807) is 6.21 Å². The SMILES string of the molecule is NC(=S)NN=Cc1ccccc1-c1ccc(OCc2ccccc2)cc1. The summed E-state index contributed by atoms with van der Waals surface area (Å²) >= 11 is 4.75. The first-order valence-electron chi connectivity index (χ1n) is 8.17. The molecule has 0 bridgehead atoms. The average Bonchev–Trinajstić information content (AvgIpc) is 2.68. The van der Waals surface area contributed by atoms with Gasteiger partial charge in [-0.3, -0.25) is 5.43 Å². The Balaban J connectivity index is 1.72. The summed E-state index contributed by atoms with van der Waals surface area (Å²) in [6.07, 6.45) is 1.70. The summed E-state index contributed by atoms with van der Waals surface area (Å²) in [7, 11) is 0. The van der Waals surface area contributed by atoms with Gasteiger partial charge in [-0.15, -0.1) is 0 Å². The van der Waals surface area contributed by atoms with Crippen LogP contribution in [0.25, 0.3) is 11.1 Å². The molecule has 0 aliphatic heterocycles. The highest BCUT2D eigenvalue weighted by atomic mass is 32.1. The van der Waals surface area contributed by atoms with Crippen LogP contribution >= 0.6 is 12.2 Å². The molecule has 3 aromatic rings. The average molecular weight is 361 g/mol. The number of rotatable bonds is 6. The number of hydrogen-bond acceptors (Lipinski definition) is 3. The third-order valence-electron chi connectivity index (χ3n) is 3.75. The molecule has 0 unspecified atom stereocenters. The maximum Gasteiger partial charge on any atom is 0.184 e. The van der Waals surface area contributed by atoms with E-state index in [0.29, 0.717) is 6.61 Å². The molecule has 3 aromatic carbocycles. The van der Waals surface area contributed by atoms with Crippen molar-refractivity contribution in [2.75, 3.05) is 0 Å². The molecular weight excluding hydrogens is 342 g/mol. The second kappa shape index (κ2) is 8.78. The summed E-state index contributed by atoms with van der Waals surface area (Å²) in [5.41, 5.74) is 12.2. The molecular formula is C21H19N3OS. The lowest BCUT2D eigenvalue weighted by molar-refractivity contribution is 0.306. The number of thiocarbonyl (C=S) groups is 1. The van der Waals surface area contributed by atoms with Crippen LogP contribution in [0.2, 0.25) is 0 Å². The number of benzene rings is 3. The standard InChI is InChI=1S/C21H19N3OS/c22-21(26)24-23-14-18-8-4-5-9-20(18)17-10-12-19(13-11-17)25-15-16-6-2-1-3-7-16/h1-14H,15H2,(H3,22,24,26). The van der Waals surface area contributed by atoms with Crippen LogP contribution in [0.5, 0.6) is 5.75 Å². The minimum atomic E-state index is 0.138. The Morgan fingerprint density at radius 2 is 1.65 bits per heavy atom. The summed E-state index contributed by atoms with van der Waals surface area (Å²) < 4.78 is 5.84. The maximum atomic E-state index is 5.84. The largest absolute Gasteiger partial charge is 0.489 e. The van der Waals surface area contributed by atoms with E-state index in [-0.39, 0.29) is 5.11 Å². The molecule has 26 heavy (non-hydrogen) atoms. The Morgan fingerprint density at radius 3 is 2.38 bits per heavy atom. The molecule has 3 rings (SSSR count). The first-order valence-corrected chi connectivity index (χ1v) is 8.58. The molecule has 5 heteroatoms. The molecule has 0 saturated carbocycles. The predicted octanol–water partition coefficient (Wildman–Crippen LogP) is 4.10. The summed E-state index contributed by atoms with van der Waals surface area (Å²) in [6.45, 7) is 0.550. The molecule has 0 spiro atoms. The van der Waals surface area contributed by atoms with Gasteiger partial charge in [0, 0.05) is 5.56 Å². The fourth-order valence-electron chi connectivity index (χ4n) is 2.51. The fourth-order valence-corrected chi connectivity index (χ4v) is 2.56.